The Hall–Kier alpha value is -3.56. The molecule has 3 heterocycles. The number of carbonyl (C=O) groups is 1. The Bertz CT molecular complexity index is 1390. The average Bonchev–Trinajstić information content (AvgIpc) is 3.58. The van der Waals surface area contributed by atoms with Crippen LogP contribution in [-0.2, 0) is 9.53 Å². The fourth-order valence-corrected chi connectivity index (χ4v) is 5.11. The molecule has 0 spiro atoms. The number of hydrogen-bond donors (Lipinski definition) is 2. The maximum absolute atomic E-state index is 13.7. The van der Waals surface area contributed by atoms with Gasteiger partial charge in [-0.2, -0.15) is 0 Å². The summed E-state index contributed by atoms with van der Waals surface area (Å²) in [6, 6.07) is 17.1. The Balaban J connectivity index is 1.49. The summed E-state index contributed by atoms with van der Waals surface area (Å²) in [5, 5.41) is 3.38. The van der Waals surface area contributed by atoms with Gasteiger partial charge in [-0.25, -0.2) is 4.98 Å². The van der Waals surface area contributed by atoms with Crippen molar-refractivity contribution < 1.29 is 14.3 Å². The zero-order valence-corrected chi connectivity index (χ0v) is 20.8. The molecule has 1 atom stereocenters. The van der Waals surface area contributed by atoms with E-state index >= 15 is 0 Å². The van der Waals surface area contributed by atoms with E-state index in [-0.39, 0.29) is 23.3 Å². The number of aromatic nitrogens is 3. The highest BCUT2D eigenvalue weighted by Crippen LogP contribution is 2.29. The normalized spacial score (nSPS) is 15.3. The molecule has 36 heavy (non-hydrogen) atoms. The monoisotopic (exact) mass is 504 g/mol. The third-order valence-electron chi connectivity index (χ3n) is 6.04. The highest BCUT2D eigenvalue weighted by atomic mass is 32.2. The lowest BCUT2D eigenvalue weighted by Gasteiger charge is -2.14. The van der Waals surface area contributed by atoms with E-state index in [4.69, 9.17) is 14.5 Å². The van der Waals surface area contributed by atoms with Crippen LogP contribution in [0, 0.1) is 0 Å². The van der Waals surface area contributed by atoms with Gasteiger partial charge in [0.2, 0.25) is 5.91 Å². The number of aromatic amines is 1. The number of fused-ring (bicyclic) bond motifs is 1. The zero-order chi connectivity index (χ0) is 24.9. The van der Waals surface area contributed by atoms with Crippen LogP contribution in [0.5, 0.6) is 5.75 Å². The molecular formula is C27H28N4O4S. The maximum Gasteiger partial charge on any atom is 0.283 e. The Labute approximate surface area is 213 Å². The predicted molar refractivity (Wildman–Crippen MR) is 141 cm³/mol. The van der Waals surface area contributed by atoms with E-state index in [0.29, 0.717) is 35.0 Å². The molecule has 186 valence electrons. The van der Waals surface area contributed by atoms with Crippen molar-refractivity contribution in [3.05, 3.63) is 71.1 Å². The number of rotatable bonds is 9. The van der Waals surface area contributed by atoms with Crippen LogP contribution in [0.3, 0.4) is 0 Å². The van der Waals surface area contributed by atoms with E-state index in [0.717, 1.165) is 36.3 Å². The number of ether oxygens (including phenoxy) is 2. The van der Waals surface area contributed by atoms with Crippen molar-refractivity contribution in [1.82, 2.24) is 19.9 Å². The number of nitrogens with one attached hydrogen (secondary N) is 2. The first kappa shape index (κ1) is 24.1. The summed E-state index contributed by atoms with van der Waals surface area (Å²) in [6.45, 7) is 3.71. The van der Waals surface area contributed by atoms with E-state index in [1.807, 2.05) is 61.5 Å². The third kappa shape index (κ3) is 5.17. The van der Waals surface area contributed by atoms with Crippen molar-refractivity contribution in [3.63, 3.8) is 0 Å². The van der Waals surface area contributed by atoms with Gasteiger partial charge in [-0.3, -0.25) is 14.2 Å². The Morgan fingerprint density at radius 1 is 1.22 bits per heavy atom. The van der Waals surface area contributed by atoms with E-state index in [1.165, 1.54) is 11.8 Å². The molecular weight excluding hydrogens is 476 g/mol. The van der Waals surface area contributed by atoms with Gasteiger partial charge in [0.1, 0.15) is 16.8 Å². The Morgan fingerprint density at radius 2 is 2.03 bits per heavy atom. The van der Waals surface area contributed by atoms with Gasteiger partial charge in [0, 0.05) is 24.9 Å². The quantitative estimate of drug-likeness (QED) is 0.262. The summed E-state index contributed by atoms with van der Waals surface area (Å²) < 4.78 is 12.7. The average molecular weight is 505 g/mol. The van der Waals surface area contributed by atoms with E-state index in [9.17, 15) is 9.59 Å². The zero-order valence-electron chi connectivity index (χ0n) is 20.0. The van der Waals surface area contributed by atoms with Crippen LogP contribution in [0.2, 0.25) is 0 Å². The van der Waals surface area contributed by atoms with Crippen molar-refractivity contribution in [2.24, 2.45) is 0 Å². The molecule has 1 fully saturated rings. The SMILES string of the molecule is CCOc1ccc(-n2c(SCC(=O)NC[C@@H]3CCCO3)nc3c(-c4ccccc4)c[nH]c3c2=O)cc1. The van der Waals surface area contributed by atoms with Gasteiger partial charge in [0.25, 0.3) is 5.56 Å². The maximum atomic E-state index is 13.7. The number of nitrogens with zero attached hydrogens (tertiary/aromatic N) is 2. The number of thioether (sulfide) groups is 1. The number of benzene rings is 2. The first-order valence-corrected chi connectivity index (χ1v) is 13.1. The third-order valence-corrected chi connectivity index (χ3v) is 6.98. The van der Waals surface area contributed by atoms with Crippen LogP contribution in [0.25, 0.3) is 27.8 Å². The lowest BCUT2D eigenvalue weighted by Crippen LogP contribution is -2.33. The van der Waals surface area contributed by atoms with Gasteiger partial charge < -0.3 is 19.8 Å². The molecule has 1 saturated heterocycles. The van der Waals surface area contributed by atoms with Gasteiger partial charge in [-0.1, -0.05) is 42.1 Å². The number of hydrogen-bond acceptors (Lipinski definition) is 6. The van der Waals surface area contributed by atoms with Crippen molar-refractivity contribution >= 4 is 28.7 Å². The summed E-state index contributed by atoms with van der Waals surface area (Å²) in [7, 11) is 0. The van der Waals surface area contributed by atoms with Gasteiger partial charge >= 0.3 is 0 Å². The Morgan fingerprint density at radius 3 is 2.75 bits per heavy atom. The molecule has 8 nitrogen and oxygen atoms in total. The molecule has 1 amide bonds. The van der Waals surface area contributed by atoms with Crippen LogP contribution in [0.4, 0.5) is 0 Å². The lowest BCUT2D eigenvalue weighted by molar-refractivity contribution is -0.119. The molecule has 2 N–H and O–H groups in total. The van der Waals surface area contributed by atoms with Crippen molar-refractivity contribution in [2.45, 2.75) is 31.0 Å². The highest BCUT2D eigenvalue weighted by Gasteiger charge is 2.20. The van der Waals surface area contributed by atoms with Gasteiger partial charge in [-0.15, -0.1) is 0 Å². The molecule has 4 aromatic rings. The second-order valence-corrected chi connectivity index (χ2v) is 9.42. The summed E-state index contributed by atoms with van der Waals surface area (Å²) >= 11 is 1.24. The molecule has 0 saturated carbocycles. The van der Waals surface area contributed by atoms with Crippen LogP contribution in [0.15, 0.2) is 70.7 Å². The standard InChI is InChI=1S/C27H28N4O4S/c1-2-34-20-12-10-19(11-13-20)31-26(33)25-24(22(16-29-25)18-7-4-3-5-8-18)30-27(31)36-17-23(32)28-15-21-9-6-14-35-21/h3-5,7-8,10-13,16,21,29H,2,6,9,14-15,17H2,1H3,(H,28,32)/t21-/m0/s1. The predicted octanol–water partition coefficient (Wildman–Crippen LogP) is 4.17. The number of carbonyl (C=O) groups excluding carboxylic acids is 1. The molecule has 2 aromatic heterocycles. The van der Waals surface area contributed by atoms with E-state index in [1.54, 1.807) is 10.8 Å². The van der Waals surface area contributed by atoms with Gasteiger partial charge in [-0.05, 0) is 49.6 Å². The number of H-pyrrole nitrogens is 1. The second kappa shape index (κ2) is 11.0. The molecule has 9 heteroatoms. The number of amides is 1. The molecule has 1 aliphatic heterocycles. The van der Waals surface area contributed by atoms with Crippen LogP contribution in [-0.4, -0.2) is 52.1 Å². The van der Waals surface area contributed by atoms with Crippen molar-refractivity contribution in [1.29, 1.82) is 0 Å². The van der Waals surface area contributed by atoms with Crippen molar-refractivity contribution in [2.75, 3.05) is 25.5 Å². The molecule has 5 rings (SSSR count). The Kier molecular flexibility index (Phi) is 7.39. The van der Waals surface area contributed by atoms with Gasteiger partial charge in [0.05, 0.1) is 24.2 Å². The van der Waals surface area contributed by atoms with E-state index in [2.05, 4.69) is 10.3 Å². The minimum Gasteiger partial charge on any atom is -0.494 e. The molecule has 1 aliphatic rings. The molecule has 0 radical (unpaired) electrons. The van der Waals surface area contributed by atoms with Crippen LogP contribution in [0.1, 0.15) is 19.8 Å². The van der Waals surface area contributed by atoms with Crippen molar-refractivity contribution in [3.8, 4) is 22.6 Å². The highest BCUT2D eigenvalue weighted by molar-refractivity contribution is 7.99. The van der Waals surface area contributed by atoms with E-state index < -0.39 is 0 Å². The van der Waals surface area contributed by atoms with Crippen LogP contribution < -0.4 is 15.6 Å². The summed E-state index contributed by atoms with van der Waals surface area (Å²) in [5.74, 6) is 0.727. The summed E-state index contributed by atoms with van der Waals surface area (Å²) in [6.07, 6.45) is 3.86. The molecule has 0 aliphatic carbocycles. The lowest BCUT2D eigenvalue weighted by atomic mass is 10.1. The molecule has 2 aromatic carbocycles. The fourth-order valence-electron chi connectivity index (χ4n) is 4.27. The molecule has 0 bridgehead atoms. The largest absolute Gasteiger partial charge is 0.494 e. The summed E-state index contributed by atoms with van der Waals surface area (Å²) in [4.78, 5) is 34.3. The minimum atomic E-state index is -0.228. The fraction of sp³-hybridized carbons (Fsp3) is 0.296. The topological polar surface area (TPSA) is 98.2 Å². The second-order valence-electron chi connectivity index (χ2n) is 8.48. The first-order chi connectivity index (χ1) is 17.6. The smallest absolute Gasteiger partial charge is 0.283 e. The minimum absolute atomic E-state index is 0.0729. The molecule has 0 unspecified atom stereocenters. The van der Waals surface area contributed by atoms with Crippen LogP contribution >= 0.6 is 11.8 Å². The first-order valence-electron chi connectivity index (χ1n) is 12.1. The summed E-state index contributed by atoms with van der Waals surface area (Å²) in [5.41, 5.74) is 3.21. The van der Waals surface area contributed by atoms with Gasteiger partial charge in [0.15, 0.2) is 5.16 Å².